The van der Waals surface area contributed by atoms with Crippen molar-refractivity contribution in [2.24, 2.45) is 5.41 Å². The summed E-state index contributed by atoms with van der Waals surface area (Å²) in [4.78, 5) is 0. The maximum Gasteiger partial charge on any atom is 0.0847 e. The molecule has 1 aromatic rings. The van der Waals surface area contributed by atoms with Crippen LogP contribution in [0.2, 0.25) is 0 Å². The van der Waals surface area contributed by atoms with Gasteiger partial charge in [0.25, 0.3) is 0 Å². The van der Waals surface area contributed by atoms with Crippen molar-refractivity contribution >= 4 is 0 Å². The zero-order valence-electron chi connectivity index (χ0n) is 11.3. The Kier molecular flexibility index (Phi) is 4.04. The molecule has 0 amide bonds. The van der Waals surface area contributed by atoms with Crippen molar-refractivity contribution in [3.8, 4) is 6.07 Å². The molecule has 96 valence electrons. The van der Waals surface area contributed by atoms with Gasteiger partial charge in [0, 0.05) is 6.61 Å². The van der Waals surface area contributed by atoms with Crippen LogP contribution in [0, 0.1) is 16.7 Å². The molecule has 2 heteroatoms. The van der Waals surface area contributed by atoms with Gasteiger partial charge in [-0.1, -0.05) is 38.1 Å². The van der Waals surface area contributed by atoms with Crippen molar-refractivity contribution in [3.05, 3.63) is 35.4 Å². The van der Waals surface area contributed by atoms with Crippen molar-refractivity contribution in [3.63, 3.8) is 0 Å². The molecule has 0 bridgehead atoms. The normalized spacial score (nSPS) is 23.9. The minimum absolute atomic E-state index is 0.308. The van der Waals surface area contributed by atoms with Gasteiger partial charge >= 0.3 is 0 Å². The van der Waals surface area contributed by atoms with E-state index >= 15 is 0 Å². The molecule has 0 N–H and O–H groups in total. The maximum absolute atomic E-state index is 9.42. The van der Waals surface area contributed by atoms with E-state index in [1.54, 1.807) is 0 Å². The third-order valence-corrected chi connectivity index (χ3v) is 3.75. The van der Waals surface area contributed by atoms with Crippen LogP contribution in [0.15, 0.2) is 24.3 Å². The van der Waals surface area contributed by atoms with Crippen LogP contribution in [0.25, 0.3) is 0 Å². The van der Waals surface area contributed by atoms with Gasteiger partial charge in [-0.25, -0.2) is 0 Å². The number of hydrogen-bond acceptors (Lipinski definition) is 2. The van der Waals surface area contributed by atoms with Crippen LogP contribution in [0.5, 0.6) is 0 Å². The van der Waals surface area contributed by atoms with Crippen LogP contribution in [0.4, 0.5) is 0 Å². The Balaban J connectivity index is 2.10. The van der Waals surface area contributed by atoms with Crippen molar-refractivity contribution in [1.29, 1.82) is 5.26 Å². The lowest BCUT2D eigenvalue weighted by Crippen LogP contribution is -2.32. The van der Waals surface area contributed by atoms with Crippen molar-refractivity contribution < 1.29 is 4.74 Å². The van der Waals surface area contributed by atoms with E-state index in [0.29, 0.717) is 12.5 Å². The van der Waals surface area contributed by atoms with E-state index in [0.717, 1.165) is 25.9 Å². The third kappa shape index (κ3) is 2.91. The Morgan fingerprint density at radius 3 is 2.56 bits per heavy atom. The van der Waals surface area contributed by atoms with Crippen molar-refractivity contribution in [2.45, 2.75) is 39.0 Å². The van der Waals surface area contributed by atoms with Crippen LogP contribution in [-0.2, 0) is 11.2 Å². The topological polar surface area (TPSA) is 33.0 Å². The van der Waals surface area contributed by atoms with Crippen molar-refractivity contribution in [2.75, 3.05) is 13.2 Å². The fraction of sp³-hybridized carbons (Fsp3) is 0.562. The van der Waals surface area contributed by atoms with Gasteiger partial charge in [0.2, 0.25) is 0 Å². The lowest BCUT2D eigenvalue weighted by Gasteiger charge is -2.30. The Hall–Kier alpha value is -1.33. The monoisotopic (exact) mass is 243 g/mol. The summed E-state index contributed by atoms with van der Waals surface area (Å²) < 4.78 is 5.49. The third-order valence-electron chi connectivity index (χ3n) is 3.75. The van der Waals surface area contributed by atoms with Gasteiger partial charge in [0.1, 0.15) is 0 Å². The lowest BCUT2D eigenvalue weighted by atomic mass is 9.78. The molecule has 1 heterocycles. The first-order valence-electron chi connectivity index (χ1n) is 6.73. The van der Waals surface area contributed by atoms with E-state index in [-0.39, 0.29) is 5.41 Å². The summed E-state index contributed by atoms with van der Waals surface area (Å²) in [6.07, 6.45) is 2.76. The molecule has 1 aromatic carbocycles. The average molecular weight is 243 g/mol. The number of nitrogens with zero attached hydrogens (tertiary/aromatic N) is 1. The fourth-order valence-electron chi connectivity index (χ4n) is 2.53. The molecular weight excluding hydrogens is 222 g/mol. The molecular formula is C16H21NO. The molecule has 2 nitrogen and oxygen atoms in total. The SMILES string of the molecule is CC(C)c1ccc(CC2(C#N)CCCOC2)cc1. The van der Waals surface area contributed by atoms with Gasteiger partial charge < -0.3 is 4.74 Å². The minimum Gasteiger partial charge on any atom is -0.380 e. The Labute approximate surface area is 110 Å². The van der Waals surface area contributed by atoms with E-state index < -0.39 is 0 Å². The molecule has 0 aromatic heterocycles. The first-order valence-corrected chi connectivity index (χ1v) is 6.73. The summed E-state index contributed by atoms with van der Waals surface area (Å²) in [5.41, 5.74) is 2.29. The molecule has 1 aliphatic rings. The highest BCUT2D eigenvalue weighted by Crippen LogP contribution is 2.32. The molecule has 1 fully saturated rings. The summed E-state index contributed by atoms with van der Waals surface area (Å²) >= 11 is 0. The Bertz CT molecular complexity index is 421. The summed E-state index contributed by atoms with van der Waals surface area (Å²) in [6, 6.07) is 11.1. The maximum atomic E-state index is 9.42. The predicted octanol–water partition coefficient (Wildman–Crippen LogP) is 3.67. The van der Waals surface area contributed by atoms with E-state index in [1.165, 1.54) is 11.1 Å². The quantitative estimate of drug-likeness (QED) is 0.811. The lowest BCUT2D eigenvalue weighted by molar-refractivity contribution is 0.0224. The molecule has 2 rings (SSSR count). The van der Waals surface area contributed by atoms with Crippen molar-refractivity contribution in [1.82, 2.24) is 0 Å². The smallest absolute Gasteiger partial charge is 0.0847 e. The van der Waals surface area contributed by atoms with E-state index in [4.69, 9.17) is 4.74 Å². The molecule has 1 saturated heterocycles. The van der Waals surface area contributed by atoms with Crippen LogP contribution < -0.4 is 0 Å². The van der Waals surface area contributed by atoms with Gasteiger partial charge in [0.05, 0.1) is 18.1 Å². The Morgan fingerprint density at radius 2 is 2.06 bits per heavy atom. The highest BCUT2D eigenvalue weighted by molar-refractivity contribution is 5.26. The van der Waals surface area contributed by atoms with Crippen LogP contribution in [0.1, 0.15) is 43.7 Å². The standard InChI is InChI=1S/C16H21NO/c1-13(2)15-6-4-14(5-7-15)10-16(11-17)8-3-9-18-12-16/h4-7,13H,3,8-10,12H2,1-2H3. The molecule has 0 aliphatic carbocycles. The molecule has 1 unspecified atom stereocenters. The number of ether oxygens (including phenoxy) is 1. The summed E-state index contributed by atoms with van der Waals surface area (Å²) in [5, 5.41) is 9.42. The predicted molar refractivity (Wildman–Crippen MR) is 72.3 cm³/mol. The first kappa shape index (κ1) is 13.1. The van der Waals surface area contributed by atoms with Gasteiger partial charge in [0.15, 0.2) is 0 Å². The molecule has 1 atom stereocenters. The summed E-state index contributed by atoms with van der Waals surface area (Å²) in [6.45, 7) is 5.77. The van der Waals surface area contributed by atoms with Gasteiger partial charge in [-0.15, -0.1) is 0 Å². The second-order valence-corrected chi connectivity index (χ2v) is 5.62. The zero-order valence-corrected chi connectivity index (χ0v) is 11.3. The summed E-state index contributed by atoms with van der Waals surface area (Å²) in [5.74, 6) is 0.557. The number of benzene rings is 1. The second kappa shape index (κ2) is 5.54. The van der Waals surface area contributed by atoms with Gasteiger partial charge in [-0.05, 0) is 36.3 Å². The van der Waals surface area contributed by atoms with Crippen LogP contribution in [0.3, 0.4) is 0 Å². The van der Waals surface area contributed by atoms with Crippen LogP contribution in [-0.4, -0.2) is 13.2 Å². The molecule has 1 aliphatic heterocycles. The number of rotatable bonds is 3. The van der Waals surface area contributed by atoms with E-state index in [9.17, 15) is 5.26 Å². The summed E-state index contributed by atoms with van der Waals surface area (Å²) in [7, 11) is 0. The number of nitriles is 1. The highest BCUT2D eigenvalue weighted by atomic mass is 16.5. The van der Waals surface area contributed by atoms with Gasteiger partial charge in [-0.3, -0.25) is 0 Å². The molecule has 0 spiro atoms. The fourth-order valence-corrected chi connectivity index (χ4v) is 2.53. The largest absolute Gasteiger partial charge is 0.380 e. The second-order valence-electron chi connectivity index (χ2n) is 5.62. The average Bonchev–Trinajstić information content (AvgIpc) is 2.40. The highest BCUT2D eigenvalue weighted by Gasteiger charge is 2.33. The first-order chi connectivity index (χ1) is 8.65. The zero-order chi connectivity index (χ0) is 13.0. The molecule has 18 heavy (non-hydrogen) atoms. The number of hydrogen-bond donors (Lipinski definition) is 0. The van der Waals surface area contributed by atoms with E-state index in [2.05, 4.69) is 44.2 Å². The Morgan fingerprint density at radius 1 is 1.33 bits per heavy atom. The minimum atomic E-state index is -0.308. The van der Waals surface area contributed by atoms with Gasteiger partial charge in [-0.2, -0.15) is 5.26 Å². The molecule has 0 saturated carbocycles. The van der Waals surface area contributed by atoms with E-state index in [1.807, 2.05) is 0 Å². The molecule has 0 radical (unpaired) electrons. The van der Waals surface area contributed by atoms with Crippen LogP contribution >= 0.6 is 0 Å².